The Morgan fingerprint density at radius 1 is 1.13 bits per heavy atom. The van der Waals surface area contributed by atoms with Crippen LogP contribution in [0, 0.1) is 15.9 Å². The predicted molar refractivity (Wildman–Crippen MR) is 119 cm³/mol. The lowest BCUT2D eigenvalue weighted by atomic mass is 10.1. The van der Waals surface area contributed by atoms with Crippen molar-refractivity contribution in [3.8, 4) is 0 Å². The summed E-state index contributed by atoms with van der Waals surface area (Å²) >= 11 is 1.33. The monoisotopic (exact) mass is 447 g/mol. The first-order chi connectivity index (χ1) is 14.7. The minimum absolute atomic E-state index is 0.00544. The molecule has 1 N–H and O–H groups in total. The summed E-state index contributed by atoms with van der Waals surface area (Å²) < 4.78 is 14.2. The summed E-state index contributed by atoms with van der Waals surface area (Å²) in [5.74, 6) is -0.467. The van der Waals surface area contributed by atoms with Crippen molar-refractivity contribution in [2.75, 3.05) is 5.75 Å². The van der Waals surface area contributed by atoms with E-state index >= 15 is 0 Å². The van der Waals surface area contributed by atoms with Crippen molar-refractivity contribution in [1.82, 2.24) is 10.2 Å². The maximum absolute atomic E-state index is 14.2. The molecule has 0 aromatic heterocycles. The normalized spacial score (nSPS) is 11.8. The molecular weight excluding hydrogens is 421 g/mol. The number of carbonyl (C=O) groups is 2. The van der Waals surface area contributed by atoms with Crippen molar-refractivity contribution >= 4 is 29.3 Å². The van der Waals surface area contributed by atoms with Crippen LogP contribution in [0.5, 0.6) is 0 Å². The minimum atomic E-state index is -0.769. The van der Waals surface area contributed by atoms with Gasteiger partial charge in [-0.05, 0) is 32.4 Å². The van der Waals surface area contributed by atoms with Crippen LogP contribution in [0.15, 0.2) is 48.5 Å². The summed E-state index contributed by atoms with van der Waals surface area (Å²) in [4.78, 5) is 37.1. The van der Waals surface area contributed by atoms with Crippen molar-refractivity contribution in [2.24, 2.45) is 0 Å². The van der Waals surface area contributed by atoms with Crippen LogP contribution in [0.4, 0.5) is 10.1 Å². The van der Waals surface area contributed by atoms with E-state index in [1.807, 2.05) is 13.8 Å². The van der Waals surface area contributed by atoms with Gasteiger partial charge in [-0.15, -0.1) is 11.8 Å². The number of nitrogens with one attached hydrogen (secondary N) is 1. The summed E-state index contributed by atoms with van der Waals surface area (Å²) in [5, 5.41) is 13.5. The smallest absolute Gasteiger partial charge is 0.269 e. The predicted octanol–water partition coefficient (Wildman–Crippen LogP) is 3.91. The molecule has 0 saturated carbocycles. The lowest BCUT2D eigenvalue weighted by Gasteiger charge is -2.29. The van der Waals surface area contributed by atoms with Crippen molar-refractivity contribution < 1.29 is 18.9 Å². The Hall–Kier alpha value is -2.94. The van der Waals surface area contributed by atoms with Crippen LogP contribution in [0.3, 0.4) is 0 Å². The molecule has 0 aliphatic heterocycles. The van der Waals surface area contributed by atoms with E-state index in [0.29, 0.717) is 11.3 Å². The molecule has 0 aliphatic rings. The number of amides is 2. The number of nitro groups is 1. The van der Waals surface area contributed by atoms with Crippen LogP contribution in [-0.4, -0.2) is 39.5 Å². The highest BCUT2D eigenvalue weighted by Gasteiger charge is 2.27. The van der Waals surface area contributed by atoms with Gasteiger partial charge in [0.1, 0.15) is 11.9 Å². The summed E-state index contributed by atoms with van der Waals surface area (Å²) in [6.45, 7) is 5.26. The number of non-ortho nitro benzene ring substituents is 1. The number of carbonyl (C=O) groups excluding carboxylic acids is 2. The van der Waals surface area contributed by atoms with Gasteiger partial charge >= 0.3 is 0 Å². The number of halogens is 1. The van der Waals surface area contributed by atoms with Gasteiger partial charge in [-0.25, -0.2) is 4.39 Å². The molecule has 2 amide bonds. The SMILES string of the molecule is CC(C)NC(=O)[C@@H](C)N(Cc1ccccc1F)C(=O)CSCc1ccc([N+](=O)[O-])cc1. The minimum Gasteiger partial charge on any atom is -0.352 e. The molecule has 1 atom stereocenters. The Bertz CT molecular complexity index is 921. The number of thioether (sulfide) groups is 1. The fourth-order valence-electron chi connectivity index (χ4n) is 2.85. The van der Waals surface area contributed by atoms with Crippen LogP contribution in [0.2, 0.25) is 0 Å². The third kappa shape index (κ3) is 7.36. The first kappa shape index (κ1) is 24.3. The fourth-order valence-corrected chi connectivity index (χ4v) is 3.72. The number of benzene rings is 2. The van der Waals surface area contributed by atoms with Gasteiger partial charge in [0, 0.05) is 36.0 Å². The van der Waals surface area contributed by atoms with E-state index in [9.17, 15) is 24.1 Å². The number of nitro benzene ring substituents is 1. The lowest BCUT2D eigenvalue weighted by Crippen LogP contribution is -2.49. The third-order valence-corrected chi connectivity index (χ3v) is 5.53. The molecule has 31 heavy (non-hydrogen) atoms. The van der Waals surface area contributed by atoms with E-state index < -0.39 is 16.8 Å². The summed E-state index contributed by atoms with van der Waals surface area (Å²) in [6.07, 6.45) is 0. The van der Waals surface area contributed by atoms with Crippen molar-refractivity contribution in [2.45, 2.75) is 45.2 Å². The molecule has 0 spiro atoms. The molecule has 2 aromatic rings. The molecule has 2 rings (SSSR count). The first-order valence-corrected chi connectivity index (χ1v) is 11.0. The second-order valence-corrected chi connectivity index (χ2v) is 8.35. The Balaban J connectivity index is 2.06. The van der Waals surface area contributed by atoms with E-state index in [0.717, 1.165) is 5.56 Å². The molecular formula is C22H26FN3O4S. The van der Waals surface area contributed by atoms with Gasteiger partial charge in [0.15, 0.2) is 0 Å². The van der Waals surface area contributed by atoms with Gasteiger partial charge in [0.25, 0.3) is 5.69 Å². The topological polar surface area (TPSA) is 92.6 Å². The molecule has 2 aromatic carbocycles. The highest BCUT2D eigenvalue weighted by atomic mass is 32.2. The number of hydrogen-bond acceptors (Lipinski definition) is 5. The fraction of sp³-hybridized carbons (Fsp3) is 0.364. The van der Waals surface area contributed by atoms with Crippen LogP contribution < -0.4 is 5.32 Å². The van der Waals surface area contributed by atoms with Crippen molar-refractivity contribution in [3.05, 3.63) is 75.6 Å². The van der Waals surface area contributed by atoms with Crippen LogP contribution in [-0.2, 0) is 21.9 Å². The van der Waals surface area contributed by atoms with Gasteiger partial charge in [-0.3, -0.25) is 19.7 Å². The molecule has 0 radical (unpaired) electrons. The van der Waals surface area contributed by atoms with Crippen LogP contribution >= 0.6 is 11.8 Å². The van der Waals surface area contributed by atoms with Gasteiger partial charge in [0.05, 0.1) is 10.7 Å². The number of hydrogen-bond donors (Lipinski definition) is 1. The second kappa shape index (κ2) is 11.5. The van der Waals surface area contributed by atoms with E-state index in [2.05, 4.69) is 5.32 Å². The highest BCUT2D eigenvalue weighted by molar-refractivity contribution is 7.99. The van der Waals surface area contributed by atoms with Crippen LogP contribution in [0.25, 0.3) is 0 Å². The average Bonchev–Trinajstić information content (AvgIpc) is 2.72. The van der Waals surface area contributed by atoms with E-state index in [1.54, 1.807) is 37.3 Å². The Labute approximate surface area is 185 Å². The molecule has 166 valence electrons. The molecule has 9 heteroatoms. The Kier molecular flexibility index (Phi) is 8.99. The maximum Gasteiger partial charge on any atom is 0.269 e. The molecule has 0 bridgehead atoms. The standard InChI is InChI=1S/C22H26FN3O4S/c1-15(2)24-22(28)16(3)25(12-18-6-4-5-7-20(18)23)21(27)14-31-13-17-8-10-19(11-9-17)26(29)30/h4-11,15-16H,12-14H2,1-3H3,(H,24,28)/t16-/m1/s1. The summed E-state index contributed by atoms with van der Waals surface area (Å²) in [6, 6.07) is 11.4. The maximum atomic E-state index is 14.2. The van der Waals surface area contributed by atoms with Gasteiger partial charge in [-0.1, -0.05) is 30.3 Å². The van der Waals surface area contributed by atoms with E-state index in [4.69, 9.17) is 0 Å². The zero-order valence-corrected chi connectivity index (χ0v) is 18.5. The molecule has 0 saturated heterocycles. The molecule has 0 aliphatic carbocycles. The molecule has 0 unspecified atom stereocenters. The Morgan fingerprint density at radius 3 is 2.35 bits per heavy atom. The lowest BCUT2D eigenvalue weighted by molar-refractivity contribution is -0.384. The second-order valence-electron chi connectivity index (χ2n) is 7.37. The highest BCUT2D eigenvalue weighted by Crippen LogP contribution is 2.19. The quantitative estimate of drug-likeness (QED) is 0.440. The average molecular weight is 448 g/mol. The zero-order valence-electron chi connectivity index (χ0n) is 17.7. The molecule has 0 heterocycles. The van der Waals surface area contributed by atoms with Gasteiger partial charge in [-0.2, -0.15) is 0 Å². The van der Waals surface area contributed by atoms with Gasteiger partial charge in [0.2, 0.25) is 11.8 Å². The third-order valence-electron chi connectivity index (χ3n) is 4.54. The summed E-state index contributed by atoms with van der Waals surface area (Å²) in [7, 11) is 0. The van der Waals surface area contributed by atoms with E-state index in [1.165, 1.54) is 34.9 Å². The number of rotatable bonds is 10. The van der Waals surface area contributed by atoms with Crippen molar-refractivity contribution in [3.63, 3.8) is 0 Å². The Morgan fingerprint density at radius 2 is 1.77 bits per heavy atom. The molecule has 0 fully saturated rings. The first-order valence-electron chi connectivity index (χ1n) is 9.83. The van der Waals surface area contributed by atoms with Gasteiger partial charge < -0.3 is 10.2 Å². The summed E-state index contributed by atoms with van der Waals surface area (Å²) in [5.41, 5.74) is 1.18. The van der Waals surface area contributed by atoms with E-state index in [-0.39, 0.29) is 35.8 Å². The number of nitrogens with zero attached hydrogens (tertiary/aromatic N) is 2. The largest absolute Gasteiger partial charge is 0.352 e. The molecule has 7 nitrogen and oxygen atoms in total. The van der Waals surface area contributed by atoms with Crippen LogP contribution in [0.1, 0.15) is 31.9 Å². The van der Waals surface area contributed by atoms with Crippen molar-refractivity contribution in [1.29, 1.82) is 0 Å². The zero-order chi connectivity index (χ0) is 23.0.